The van der Waals surface area contributed by atoms with Gasteiger partial charge >= 0.3 is 5.97 Å². The zero-order valence-electron chi connectivity index (χ0n) is 13.6. The average molecular weight is 379 g/mol. The van der Waals surface area contributed by atoms with Crippen LogP contribution in [0.15, 0.2) is 47.4 Å². The van der Waals surface area contributed by atoms with E-state index in [2.05, 4.69) is 0 Å². The minimum atomic E-state index is -3.97. The third-order valence-corrected chi connectivity index (χ3v) is 5.68. The third-order valence-electron chi connectivity index (χ3n) is 3.84. The molecule has 136 valence electrons. The highest BCUT2D eigenvalue weighted by atomic mass is 32.2. The molecule has 3 rings (SSSR count). The van der Waals surface area contributed by atoms with Gasteiger partial charge in [0, 0.05) is 6.07 Å². The van der Waals surface area contributed by atoms with Crippen molar-refractivity contribution in [3.8, 4) is 5.75 Å². The lowest BCUT2D eigenvalue weighted by atomic mass is 10.2. The Balaban J connectivity index is 1.67. The first-order chi connectivity index (χ1) is 12.4. The lowest BCUT2D eigenvalue weighted by Crippen LogP contribution is -2.33. The molecule has 0 fully saturated rings. The first kappa shape index (κ1) is 17.9. The Morgan fingerprint density at radius 3 is 2.58 bits per heavy atom. The van der Waals surface area contributed by atoms with Crippen molar-refractivity contribution in [2.75, 3.05) is 20.3 Å². The minimum Gasteiger partial charge on any atom is -0.497 e. The maximum Gasteiger partial charge on any atom is 0.341 e. The summed E-state index contributed by atoms with van der Waals surface area (Å²) in [5.41, 5.74) is -0.246. The van der Waals surface area contributed by atoms with E-state index >= 15 is 0 Å². The lowest BCUT2D eigenvalue weighted by molar-refractivity contribution is 0.0472. The number of hydrogen-bond donors (Lipinski definition) is 0. The molecule has 0 bridgehead atoms. The number of halogens is 1. The number of ether oxygens (including phenoxy) is 2. The minimum absolute atomic E-state index is 0.0695. The fourth-order valence-corrected chi connectivity index (χ4v) is 4.09. The maximum atomic E-state index is 13.8. The van der Waals surface area contributed by atoms with Crippen LogP contribution in [0.3, 0.4) is 0 Å². The van der Waals surface area contributed by atoms with Crippen molar-refractivity contribution in [3.05, 3.63) is 59.4 Å². The van der Waals surface area contributed by atoms with Crippen LogP contribution in [-0.4, -0.2) is 44.9 Å². The Labute approximate surface area is 149 Å². The van der Waals surface area contributed by atoms with Gasteiger partial charge in [-0.2, -0.15) is 0 Å². The second-order valence-corrected chi connectivity index (χ2v) is 7.19. The van der Waals surface area contributed by atoms with Gasteiger partial charge in [-0.25, -0.2) is 21.9 Å². The maximum absolute atomic E-state index is 13.8. The molecule has 7 nitrogen and oxygen atoms in total. The number of amides is 1. The predicted molar refractivity (Wildman–Crippen MR) is 87.9 cm³/mol. The van der Waals surface area contributed by atoms with Crippen LogP contribution >= 0.6 is 0 Å². The summed E-state index contributed by atoms with van der Waals surface area (Å²) in [6.45, 7) is -0.761. The van der Waals surface area contributed by atoms with Gasteiger partial charge in [0.1, 0.15) is 23.1 Å². The van der Waals surface area contributed by atoms with Crippen molar-refractivity contribution < 1.29 is 31.9 Å². The molecular formula is C17H14FNO6S. The van der Waals surface area contributed by atoms with E-state index < -0.39 is 34.3 Å². The molecule has 0 radical (unpaired) electrons. The van der Waals surface area contributed by atoms with Crippen LogP contribution < -0.4 is 4.74 Å². The number of sulfonamides is 1. The number of fused-ring (bicyclic) bond motifs is 1. The first-order valence-corrected chi connectivity index (χ1v) is 8.97. The number of rotatable bonds is 5. The monoisotopic (exact) mass is 379 g/mol. The summed E-state index contributed by atoms with van der Waals surface area (Å²) in [4.78, 5) is 24.1. The number of methoxy groups -OCH3 is 1. The van der Waals surface area contributed by atoms with Crippen molar-refractivity contribution in [1.29, 1.82) is 0 Å². The summed E-state index contributed by atoms with van der Waals surface area (Å²) in [5, 5.41) is 0. The lowest BCUT2D eigenvalue weighted by Gasteiger charge is -2.15. The SMILES string of the molecule is COc1ccc(C(=O)OCCN2C(=O)c3ccccc3S2(=O)=O)c(F)c1. The van der Waals surface area contributed by atoms with Gasteiger partial charge in [-0.1, -0.05) is 12.1 Å². The zero-order valence-corrected chi connectivity index (χ0v) is 14.5. The summed E-state index contributed by atoms with van der Waals surface area (Å²) in [7, 11) is -2.61. The van der Waals surface area contributed by atoms with Crippen molar-refractivity contribution >= 4 is 21.9 Å². The molecule has 0 unspecified atom stereocenters. The zero-order chi connectivity index (χ0) is 18.9. The molecule has 0 saturated heterocycles. The predicted octanol–water partition coefficient (Wildman–Crippen LogP) is 1.84. The summed E-state index contributed by atoms with van der Waals surface area (Å²) in [6.07, 6.45) is 0. The van der Waals surface area contributed by atoms with E-state index in [1.807, 2.05) is 0 Å². The van der Waals surface area contributed by atoms with E-state index in [0.29, 0.717) is 4.31 Å². The Kier molecular flexibility index (Phi) is 4.64. The number of benzene rings is 2. The fourth-order valence-electron chi connectivity index (χ4n) is 2.54. The highest BCUT2D eigenvalue weighted by molar-refractivity contribution is 7.90. The standard InChI is InChI=1S/C17H14FNO6S/c1-24-11-6-7-12(14(18)10-11)17(21)25-9-8-19-16(20)13-4-2-3-5-15(13)26(19,22)23/h2-7,10H,8-9H2,1H3. The number of carbonyl (C=O) groups is 2. The number of nitrogens with zero attached hydrogens (tertiary/aromatic N) is 1. The second kappa shape index (κ2) is 6.75. The van der Waals surface area contributed by atoms with Crippen LogP contribution in [-0.2, 0) is 14.8 Å². The molecule has 0 aromatic heterocycles. The Morgan fingerprint density at radius 1 is 1.19 bits per heavy atom. The van der Waals surface area contributed by atoms with Gasteiger partial charge in [-0.05, 0) is 24.3 Å². The van der Waals surface area contributed by atoms with Gasteiger partial charge in [0.2, 0.25) is 0 Å². The van der Waals surface area contributed by atoms with Crippen LogP contribution in [0, 0.1) is 5.82 Å². The van der Waals surface area contributed by atoms with Crippen LogP contribution in [0.2, 0.25) is 0 Å². The van der Waals surface area contributed by atoms with E-state index in [1.54, 1.807) is 6.07 Å². The summed E-state index contributed by atoms with van der Waals surface area (Å²) in [6, 6.07) is 9.44. The van der Waals surface area contributed by atoms with Gasteiger partial charge in [-0.15, -0.1) is 0 Å². The van der Waals surface area contributed by atoms with Gasteiger partial charge in [0.25, 0.3) is 15.9 Å². The van der Waals surface area contributed by atoms with Crippen LogP contribution in [0.25, 0.3) is 0 Å². The Bertz CT molecular complexity index is 988. The average Bonchev–Trinajstić information content (AvgIpc) is 2.82. The number of esters is 1. The topological polar surface area (TPSA) is 90.0 Å². The van der Waals surface area contributed by atoms with Crippen molar-refractivity contribution in [1.82, 2.24) is 4.31 Å². The van der Waals surface area contributed by atoms with Crippen LogP contribution in [0.4, 0.5) is 4.39 Å². The molecule has 0 saturated carbocycles. The van der Waals surface area contributed by atoms with E-state index in [1.165, 1.54) is 37.4 Å². The Morgan fingerprint density at radius 2 is 1.92 bits per heavy atom. The van der Waals surface area contributed by atoms with Crippen molar-refractivity contribution in [2.45, 2.75) is 4.90 Å². The summed E-state index contributed by atoms with van der Waals surface area (Å²) < 4.78 is 48.9. The molecule has 9 heteroatoms. The number of carbonyl (C=O) groups excluding carboxylic acids is 2. The molecule has 1 heterocycles. The number of hydrogen-bond acceptors (Lipinski definition) is 6. The van der Waals surface area contributed by atoms with Gasteiger partial charge in [0.15, 0.2) is 0 Å². The summed E-state index contributed by atoms with van der Waals surface area (Å²) in [5.74, 6) is -2.24. The van der Waals surface area contributed by atoms with Gasteiger partial charge in [-0.3, -0.25) is 4.79 Å². The molecule has 0 spiro atoms. The molecule has 0 N–H and O–H groups in total. The largest absolute Gasteiger partial charge is 0.497 e. The van der Waals surface area contributed by atoms with Gasteiger partial charge in [0.05, 0.1) is 24.8 Å². The molecule has 1 aliphatic rings. The molecular weight excluding hydrogens is 365 g/mol. The van der Waals surface area contributed by atoms with E-state index in [-0.39, 0.29) is 28.3 Å². The highest BCUT2D eigenvalue weighted by Crippen LogP contribution is 2.29. The fraction of sp³-hybridized carbons (Fsp3) is 0.176. The van der Waals surface area contributed by atoms with Crippen LogP contribution in [0.5, 0.6) is 5.75 Å². The van der Waals surface area contributed by atoms with E-state index in [0.717, 1.165) is 6.07 Å². The van der Waals surface area contributed by atoms with E-state index in [4.69, 9.17) is 9.47 Å². The molecule has 1 amide bonds. The molecule has 1 aliphatic heterocycles. The third kappa shape index (κ3) is 3.01. The van der Waals surface area contributed by atoms with E-state index in [9.17, 15) is 22.4 Å². The first-order valence-electron chi connectivity index (χ1n) is 7.53. The smallest absolute Gasteiger partial charge is 0.341 e. The van der Waals surface area contributed by atoms with Crippen LogP contribution in [0.1, 0.15) is 20.7 Å². The molecule has 2 aromatic carbocycles. The van der Waals surface area contributed by atoms with Crippen molar-refractivity contribution in [3.63, 3.8) is 0 Å². The molecule has 0 aliphatic carbocycles. The molecule has 26 heavy (non-hydrogen) atoms. The molecule has 2 aromatic rings. The molecule has 0 atom stereocenters. The normalized spacial score (nSPS) is 14.8. The summed E-state index contributed by atoms with van der Waals surface area (Å²) >= 11 is 0. The second-order valence-electron chi connectivity index (χ2n) is 5.36. The Hall–Kier alpha value is -2.94. The highest BCUT2D eigenvalue weighted by Gasteiger charge is 2.40. The van der Waals surface area contributed by atoms with Crippen molar-refractivity contribution in [2.24, 2.45) is 0 Å². The quantitative estimate of drug-likeness (QED) is 0.737. The van der Waals surface area contributed by atoms with Gasteiger partial charge < -0.3 is 9.47 Å².